The van der Waals surface area contributed by atoms with Crippen LogP contribution in [0.25, 0.3) is 0 Å². The number of hydrogen-bond acceptors (Lipinski definition) is 3. The van der Waals surface area contributed by atoms with Crippen molar-refractivity contribution in [3.63, 3.8) is 0 Å². The Bertz CT molecular complexity index is 503. The maximum Gasteiger partial charge on any atom is 0.0548 e. The Labute approximate surface area is 101 Å². The summed E-state index contributed by atoms with van der Waals surface area (Å²) in [4.78, 5) is 4.13. The molecule has 88 valence electrons. The highest BCUT2D eigenvalue weighted by atomic mass is 15.3. The Kier molecular flexibility index (Phi) is 2.55. The minimum absolute atomic E-state index is 0.372. The van der Waals surface area contributed by atoms with Crippen molar-refractivity contribution in [3.8, 4) is 0 Å². The number of nitrogens with zero attached hydrogens (tertiary/aromatic N) is 3. The van der Waals surface area contributed by atoms with E-state index in [9.17, 15) is 0 Å². The fourth-order valence-corrected chi connectivity index (χ4v) is 2.51. The molecule has 0 radical (unpaired) electrons. The van der Waals surface area contributed by atoms with Crippen molar-refractivity contribution in [2.24, 2.45) is 7.05 Å². The van der Waals surface area contributed by atoms with E-state index in [1.54, 1.807) is 6.20 Å². The number of hydrogen-bond donors (Lipinski definition) is 1. The summed E-state index contributed by atoms with van der Waals surface area (Å²) in [5, 5.41) is 7.89. The van der Waals surface area contributed by atoms with Gasteiger partial charge in [-0.1, -0.05) is 0 Å². The Morgan fingerprint density at radius 1 is 1.41 bits per heavy atom. The standard InChI is InChI=1S/C13H16N4/c1-17-13-6-2-5-12(11(13)9-15-17)16-10-4-3-7-14-8-10/h3-4,7-9,12,16H,2,5-6H2,1H3. The van der Waals surface area contributed by atoms with Gasteiger partial charge in [0.15, 0.2) is 0 Å². The van der Waals surface area contributed by atoms with Gasteiger partial charge in [0.2, 0.25) is 0 Å². The third-order valence-corrected chi connectivity index (χ3v) is 3.38. The van der Waals surface area contributed by atoms with E-state index in [1.807, 2.05) is 30.2 Å². The number of nitrogens with one attached hydrogen (secondary N) is 1. The van der Waals surface area contributed by atoms with Crippen LogP contribution in [0.15, 0.2) is 30.7 Å². The molecule has 4 nitrogen and oxygen atoms in total. The molecule has 1 atom stereocenters. The molecular weight excluding hydrogens is 212 g/mol. The van der Waals surface area contributed by atoms with Gasteiger partial charge in [0.05, 0.1) is 17.9 Å². The quantitative estimate of drug-likeness (QED) is 0.857. The van der Waals surface area contributed by atoms with Crippen LogP contribution in [0.4, 0.5) is 5.69 Å². The molecule has 1 aliphatic rings. The first-order valence-electron chi connectivity index (χ1n) is 6.02. The largest absolute Gasteiger partial charge is 0.377 e. The van der Waals surface area contributed by atoms with E-state index in [-0.39, 0.29) is 0 Å². The molecule has 1 aliphatic carbocycles. The zero-order chi connectivity index (χ0) is 11.7. The summed E-state index contributed by atoms with van der Waals surface area (Å²) in [6.45, 7) is 0. The maximum absolute atomic E-state index is 4.35. The van der Waals surface area contributed by atoms with E-state index in [1.165, 1.54) is 17.7 Å². The molecule has 2 aromatic rings. The smallest absolute Gasteiger partial charge is 0.0548 e. The van der Waals surface area contributed by atoms with E-state index in [0.29, 0.717) is 6.04 Å². The molecule has 2 aromatic heterocycles. The minimum atomic E-state index is 0.372. The van der Waals surface area contributed by atoms with Crippen LogP contribution in [0, 0.1) is 0 Å². The van der Waals surface area contributed by atoms with Crippen LogP contribution >= 0.6 is 0 Å². The number of aromatic nitrogens is 3. The topological polar surface area (TPSA) is 42.7 Å². The van der Waals surface area contributed by atoms with Gasteiger partial charge in [-0.3, -0.25) is 9.67 Å². The molecule has 0 fully saturated rings. The average molecular weight is 228 g/mol. The van der Waals surface area contributed by atoms with Gasteiger partial charge in [-0.15, -0.1) is 0 Å². The fraction of sp³-hybridized carbons (Fsp3) is 0.385. The first-order chi connectivity index (χ1) is 8.34. The summed E-state index contributed by atoms with van der Waals surface area (Å²) < 4.78 is 1.99. The average Bonchev–Trinajstić information content (AvgIpc) is 2.74. The molecule has 17 heavy (non-hydrogen) atoms. The Morgan fingerprint density at radius 2 is 2.35 bits per heavy atom. The Balaban J connectivity index is 1.86. The number of anilines is 1. The summed E-state index contributed by atoms with van der Waals surface area (Å²) in [5.41, 5.74) is 3.77. The molecule has 2 heterocycles. The van der Waals surface area contributed by atoms with Gasteiger partial charge in [-0.25, -0.2) is 0 Å². The van der Waals surface area contributed by atoms with Gasteiger partial charge in [0.25, 0.3) is 0 Å². The molecule has 0 bridgehead atoms. The first kappa shape index (κ1) is 10.3. The van der Waals surface area contributed by atoms with Crippen molar-refractivity contribution >= 4 is 5.69 Å². The SMILES string of the molecule is Cn1ncc2c1CCCC2Nc1cccnc1. The highest BCUT2D eigenvalue weighted by Gasteiger charge is 2.23. The van der Waals surface area contributed by atoms with Gasteiger partial charge in [0.1, 0.15) is 0 Å². The number of pyridine rings is 1. The molecule has 1 unspecified atom stereocenters. The zero-order valence-corrected chi connectivity index (χ0v) is 9.93. The van der Waals surface area contributed by atoms with Crippen LogP contribution in [-0.2, 0) is 13.5 Å². The van der Waals surface area contributed by atoms with Crippen LogP contribution < -0.4 is 5.32 Å². The van der Waals surface area contributed by atoms with Crippen molar-refractivity contribution in [2.45, 2.75) is 25.3 Å². The number of fused-ring (bicyclic) bond motifs is 1. The van der Waals surface area contributed by atoms with E-state index in [2.05, 4.69) is 21.5 Å². The van der Waals surface area contributed by atoms with Crippen LogP contribution in [0.1, 0.15) is 30.1 Å². The lowest BCUT2D eigenvalue weighted by Gasteiger charge is -2.24. The zero-order valence-electron chi connectivity index (χ0n) is 9.93. The van der Waals surface area contributed by atoms with Crippen LogP contribution in [0.3, 0.4) is 0 Å². The molecule has 0 spiro atoms. The van der Waals surface area contributed by atoms with Gasteiger partial charge >= 0.3 is 0 Å². The molecule has 0 saturated heterocycles. The van der Waals surface area contributed by atoms with Crippen LogP contribution in [0.2, 0.25) is 0 Å². The van der Waals surface area contributed by atoms with Crippen molar-refractivity contribution in [1.82, 2.24) is 14.8 Å². The Hall–Kier alpha value is -1.84. The third-order valence-electron chi connectivity index (χ3n) is 3.38. The lowest BCUT2D eigenvalue weighted by atomic mass is 9.93. The van der Waals surface area contributed by atoms with Crippen molar-refractivity contribution in [1.29, 1.82) is 0 Å². The molecule has 1 N–H and O–H groups in total. The molecule has 0 aliphatic heterocycles. The van der Waals surface area contributed by atoms with E-state index in [4.69, 9.17) is 0 Å². The van der Waals surface area contributed by atoms with E-state index >= 15 is 0 Å². The molecule has 0 saturated carbocycles. The predicted octanol–water partition coefficient (Wildman–Crippen LogP) is 2.30. The molecular formula is C13H16N4. The van der Waals surface area contributed by atoms with Gasteiger partial charge < -0.3 is 5.32 Å². The van der Waals surface area contributed by atoms with Crippen molar-refractivity contribution in [2.75, 3.05) is 5.32 Å². The first-order valence-corrected chi connectivity index (χ1v) is 6.02. The maximum atomic E-state index is 4.35. The second kappa shape index (κ2) is 4.20. The van der Waals surface area contributed by atoms with E-state index in [0.717, 1.165) is 18.5 Å². The summed E-state index contributed by atoms with van der Waals surface area (Å²) in [7, 11) is 2.02. The molecule has 3 rings (SSSR count). The molecule has 4 heteroatoms. The van der Waals surface area contributed by atoms with Crippen molar-refractivity contribution in [3.05, 3.63) is 42.0 Å². The number of aryl methyl sites for hydroxylation is 1. The van der Waals surface area contributed by atoms with Crippen LogP contribution in [-0.4, -0.2) is 14.8 Å². The summed E-state index contributed by atoms with van der Waals surface area (Å²) in [6.07, 6.45) is 9.16. The van der Waals surface area contributed by atoms with Gasteiger partial charge in [-0.2, -0.15) is 5.10 Å². The lowest BCUT2D eigenvalue weighted by molar-refractivity contribution is 0.571. The summed E-state index contributed by atoms with van der Waals surface area (Å²) in [5.74, 6) is 0. The fourth-order valence-electron chi connectivity index (χ4n) is 2.51. The van der Waals surface area contributed by atoms with Gasteiger partial charge in [0, 0.05) is 30.7 Å². The number of rotatable bonds is 2. The van der Waals surface area contributed by atoms with Gasteiger partial charge in [-0.05, 0) is 31.4 Å². The van der Waals surface area contributed by atoms with E-state index < -0.39 is 0 Å². The Morgan fingerprint density at radius 3 is 3.18 bits per heavy atom. The highest BCUT2D eigenvalue weighted by Crippen LogP contribution is 2.31. The lowest BCUT2D eigenvalue weighted by Crippen LogP contribution is -2.17. The second-order valence-corrected chi connectivity index (χ2v) is 4.50. The normalized spacial score (nSPS) is 18.8. The van der Waals surface area contributed by atoms with Crippen LogP contribution in [0.5, 0.6) is 0 Å². The van der Waals surface area contributed by atoms with Crippen molar-refractivity contribution < 1.29 is 0 Å². The third kappa shape index (κ3) is 1.90. The highest BCUT2D eigenvalue weighted by molar-refractivity contribution is 5.44. The summed E-state index contributed by atoms with van der Waals surface area (Å²) in [6, 6.07) is 4.38. The summed E-state index contributed by atoms with van der Waals surface area (Å²) >= 11 is 0. The molecule has 0 amide bonds. The monoisotopic (exact) mass is 228 g/mol. The predicted molar refractivity (Wildman–Crippen MR) is 66.7 cm³/mol. The second-order valence-electron chi connectivity index (χ2n) is 4.50. The molecule has 0 aromatic carbocycles. The minimum Gasteiger partial charge on any atom is -0.377 e.